The molecule has 6 heteroatoms. The van der Waals surface area contributed by atoms with Gasteiger partial charge in [0.05, 0.1) is 16.7 Å². The van der Waals surface area contributed by atoms with Crippen LogP contribution in [-0.4, -0.2) is 23.1 Å². The molecular weight excluding hydrogens is 745 g/mol. The molecule has 0 fully saturated rings. The summed E-state index contributed by atoms with van der Waals surface area (Å²) in [6, 6.07) is 41.2. The number of carbonyl (C=O) groups is 4. The fourth-order valence-corrected chi connectivity index (χ4v) is 6.56. The third-order valence-corrected chi connectivity index (χ3v) is 9.77. The first-order valence-electron chi connectivity index (χ1n) is 20.5. The number of hydrogen-bond donors (Lipinski definition) is 0. The summed E-state index contributed by atoms with van der Waals surface area (Å²) in [6.07, 6.45) is 7.56. The van der Waals surface area contributed by atoms with Gasteiger partial charge in [0.2, 0.25) is 23.1 Å². The molecule has 0 radical (unpaired) electrons. The highest BCUT2D eigenvalue weighted by atomic mass is 16.5. The largest absolute Gasteiger partial charge is 0.453 e. The molecule has 0 amide bonds. The van der Waals surface area contributed by atoms with Crippen molar-refractivity contribution in [3.63, 3.8) is 0 Å². The Balaban J connectivity index is 1.53. The van der Waals surface area contributed by atoms with Gasteiger partial charge in [-0.1, -0.05) is 166 Å². The van der Waals surface area contributed by atoms with Crippen LogP contribution in [0.25, 0.3) is 11.1 Å². The highest BCUT2D eigenvalue weighted by molar-refractivity contribution is 6.50. The van der Waals surface area contributed by atoms with Gasteiger partial charge in [-0.2, -0.15) is 0 Å². The molecule has 0 saturated carbocycles. The Morgan fingerprint density at radius 3 is 1.48 bits per heavy atom. The summed E-state index contributed by atoms with van der Waals surface area (Å²) in [7, 11) is 0. The molecule has 0 saturated heterocycles. The van der Waals surface area contributed by atoms with Crippen molar-refractivity contribution >= 4 is 23.1 Å². The lowest BCUT2D eigenvalue weighted by Gasteiger charge is -2.19. The van der Waals surface area contributed by atoms with Gasteiger partial charge in [-0.25, -0.2) is 0 Å². The van der Waals surface area contributed by atoms with E-state index in [9.17, 15) is 19.2 Å². The minimum Gasteiger partial charge on any atom is -0.453 e. The van der Waals surface area contributed by atoms with E-state index < -0.39 is 23.1 Å². The van der Waals surface area contributed by atoms with Crippen LogP contribution in [-0.2, 0) is 0 Å². The maximum Gasteiger partial charge on any atom is 0.237 e. The monoisotopic (exact) mass is 790 g/mol. The summed E-state index contributed by atoms with van der Waals surface area (Å²) in [6.45, 7) is 4.30. The summed E-state index contributed by atoms with van der Waals surface area (Å²) in [5, 5.41) is 0. The highest BCUT2D eigenvalue weighted by Crippen LogP contribution is 2.44. The molecule has 60 heavy (non-hydrogen) atoms. The van der Waals surface area contributed by atoms with Crippen LogP contribution >= 0.6 is 0 Å². The van der Waals surface area contributed by atoms with E-state index in [1.165, 1.54) is 0 Å². The first-order valence-corrected chi connectivity index (χ1v) is 20.5. The van der Waals surface area contributed by atoms with Crippen molar-refractivity contribution in [2.75, 3.05) is 0 Å². The van der Waals surface area contributed by atoms with Gasteiger partial charge in [0, 0.05) is 35.1 Å². The Hall–Kier alpha value is -7.28. The zero-order chi connectivity index (χ0) is 42.1. The maximum absolute atomic E-state index is 13.9. The fourth-order valence-electron chi connectivity index (χ4n) is 6.56. The van der Waals surface area contributed by atoms with Crippen molar-refractivity contribution < 1.29 is 28.7 Å². The number of benzene rings is 6. The van der Waals surface area contributed by atoms with Gasteiger partial charge in [-0.15, -0.1) is 0 Å². The van der Waals surface area contributed by atoms with Crippen LogP contribution in [0.4, 0.5) is 0 Å². The van der Waals surface area contributed by atoms with Crippen LogP contribution in [0.3, 0.4) is 0 Å². The van der Waals surface area contributed by atoms with E-state index >= 15 is 0 Å². The standard InChI is InChI=1S/C54H46O6/c1-3-5-7-9-13-25-39-26-19-20-31-42(39)43-37-38-49(59-47-35-23-21-33-45(47)52(57)50(55)40-27-14-11-15-28-40)54(44(43)32-18-10-8-6-4-2)60-48-36-24-22-34-46(48)53(58)51(56)41-29-16-12-17-30-41/h11-12,14-17,19-24,26-31,33-38H,3-10H2,1-2H3. The van der Waals surface area contributed by atoms with Gasteiger partial charge in [-0.05, 0) is 60.9 Å². The Morgan fingerprint density at radius 1 is 0.433 bits per heavy atom. The SMILES string of the molecule is CCCCCC#Cc1ccccc1-c1ccc(Oc2ccccc2C(=O)C(=O)c2ccccc2)c(Oc2ccccc2C(=O)C(=O)c2ccccc2)c1C#CCCCCC. The van der Waals surface area contributed by atoms with E-state index in [2.05, 4.69) is 37.5 Å². The quantitative estimate of drug-likeness (QED) is 0.0396. The van der Waals surface area contributed by atoms with E-state index in [4.69, 9.17) is 9.47 Å². The van der Waals surface area contributed by atoms with E-state index in [-0.39, 0.29) is 45.3 Å². The van der Waals surface area contributed by atoms with Crippen LogP contribution in [0.1, 0.15) is 118 Å². The number of hydrogen-bond acceptors (Lipinski definition) is 6. The van der Waals surface area contributed by atoms with Crippen LogP contribution in [0.15, 0.2) is 146 Å². The van der Waals surface area contributed by atoms with E-state index in [0.29, 0.717) is 17.5 Å². The second-order valence-corrected chi connectivity index (χ2v) is 14.1. The average Bonchev–Trinajstić information content (AvgIpc) is 3.30. The molecule has 6 nitrogen and oxygen atoms in total. The zero-order valence-electron chi connectivity index (χ0n) is 34.0. The fraction of sp³-hybridized carbons (Fsp3) is 0.185. The first-order chi connectivity index (χ1) is 29.4. The molecule has 0 N–H and O–H groups in total. The predicted molar refractivity (Wildman–Crippen MR) is 237 cm³/mol. The maximum atomic E-state index is 13.9. The topological polar surface area (TPSA) is 86.7 Å². The summed E-state index contributed by atoms with van der Waals surface area (Å²) in [5.74, 6) is 11.2. The number of ketones is 4. The van der Waals surface area contributed by atoms with Gasteiger partial charge in [0.15, 0.2) is 11.5 Å². The molecule has 0 aliphatic heterocycles. The van der Waals surface area contributed by atoms with Gasteiger partial charge in [0.25, 0.3) is 0 Å². The lowest BCUT2D eigenvalue weighted by Crippen LogP contribution is -2.15. The van der Waals surface area contributed by atoms with Crippen molar-refractivity contribution in [1.82, 2.24) is 0 Å². The first kappa shape index (κ1) is 42.3. The van der Waals surface area contributed by atoms with Crippen LogP contribution in [0.2, 0.25) is 0 Å². The van der Waals surface area contributed by atoms with Crippen LogP contribution in [0.5, 0.6) is 23.0 Å². The third-order valence-electron chi connectivity index (χ3n) is 9.77. The lowest BCUT2D eigenvalue weighted by atomic mass is 9.94. The van der Waals surface area contributed by atoms with Gasteiger partial charge in [0.1, 0.15) is 11.5 Å². The number of unbranched alkanes of at least 4 members (excludes halogenated alkanes) is 6. The van der Waals surface area contributed by atoms with Crippen molar-refractivity contribution in [2.24, 2.45) is 0 Å². The van der Waals surface area contributed by atoms with Crippen LogP contribution in [0, 0.1) is 23.7 Å². The summed E-state index contributed by atoms with van der Waals surface area (Å²) in [5.41, 5.74) is 3.42. The highest BCUT2D eigenvalue weighted by Gasteiger charge is 2.27. The Morgan fingerprint density at radius 2 is 0.917 bits per heavy atom. The van der Waals surface area contributed by atoms with E-state index in [1.807, 2.05) is 30.3 Å². The third kappa shape index (κ3) is 10.6. The number of ether oxygens (including phenoxy) is 2. The second-order valence-electron chi connectivity index (χ2n) is 14.1. The van der Waals surface area contributed by atoms with Crippen molar-refractivity contribution in [1.29, 1.82) is 0 Å². The minimum atomic E-state index is -0.748. The second kappa shape index (κ2) is 21.5. The predicted octanol–water partition coefficient (Wildman–Crippen LogP) is 12.9. The van der Waals surface area contributed by atoms with Crippen molar-refractivity contribution in [3.05, 3.63) is 179 Å². The number of rotatable bonds is 17. The van der Waals surface area contributed by atoms with E-state index in [0.717, 1.165) is 56.1 Å². The molecule has 6 rings (SSSR count). The lowest BCUT2D eigenvalue weighted by molar-refractivity contribution is 0.0815. The molecule has 0 heterocycles. The summed E-state index contributed by atoms with van der Waals surface area (Å²) in [4.78, 5) is 54.6. The molecule has 0 atom stereocenters. The summed E-state index contributed by atoms with van der Waals surface area (Å²) < 4.78 is 13.4. The number of carbonyl (C=O) groups excluding carboxylic acids is 4. The van der Waals surface area contributed by atoms with Crippen molar-refractivity contribution in [3.8, 4) is 57.8 Å². The van der Waals surface area contributed by atoms with Gasteiger partial charge in [-0.3, -0.25) is 19.2 Å². The Labute approximate surface area is 352 Å². The molecule has 298 valence electrons. The van der Waals surface area contributed by atoms with Crippen LogP contribution < -0.4 is 9.47 Å². The molecule has 0 aliphatic rings. The number of Topliss-reactive ketones (excluding diaryl/α,β-unsaturated/α-hetero) is 4. The van der Waals surface area contributed by atoms with Crippen molar-refractivity contribution in [2.45, 2.75) is 65.2 Å². The average molecular weight is 791 g/mol. The molecule has 0 unspecified atom stereocenters. The molecule has 0 aromatic heterocycles. The normalized spacial score (nSPS) is 10.4. The molecule has 0 aliphatic carbocycles. The van der Waals surface area contributed by atoms with E-state index in [1.54, 1.807) is 115 Å². The minimum absolute atomic E-state index is 0.0481. The molecule has 0 bridgehead atoms. The number of para-hydroxylation sites is 2. The van der Waals surface area contributed by atoms with Gasteiger partial charge >= 0.3 is 0 Å². The molecular formula is C54H46O6. The Bertz CT molecular complexity index is 2600. The smallest absolute Gasteiger partial charge is 0.237 e. The summed E-state index contributed by atoms with van der Waals surface area (Å²) >= 11 is 0. The Kier molecular flexibility index (Phi) is 15.1. The zero-order valence-corrected chi connectivity index (χ0v) is 34.0. The molecule has 0 spiro atoms. The molecule has 6 aromatic rings. The van der Waals surface area contributed by atoms with Gasteiger partial charge < -0.3 is 9.47 Å². The molecule has 6 aromatic carbocycles.